The first-order valence-electron chi connectivity index (χ1n) is 7.03. The Labute approximate surface area is 112 Å². The van der Waals surface area contributed by atoms with Gasteiger partial charge >= 0.3 is 0 Å². The number of aliphatic hydroxyl groups excluding tert-OH is 1. The highest BCUT2D eigenvalue weighted by molar-refractivity contribution is 5.00. The van der Waals surface area contributed by atoms with E-state index in [4.69, 9.17) is 4.74 Å². The zero-order chi connectivity index (χ0) is 13.8. The molecular formula is C14H30N2O2. The van der Waals surface area contributed by atoms with Crippen molar-refractivity contribution in [3.63, 3.8) is 0 Å². The first-order valence-corrected chi connectivity index (χ1v) is 7.03. The lowest BCUT2D eigenvalue weighted by atomic mass is 9.97. The van der Waals surface area contributed by atoms with Crippen molar-refractivity contribution in [3.05, 3.63) is 0 Å². The first-order chi connectivity index (χ1) is 8.44. The van der Waals surface area contributed by atoms with Gasteiger partial charge in [-0.2, -0.15) is 0 Å². The van der Waals surface area contributed by atoms with Crippen molar-refractivity contribution >= 4 is 0 Å². The fraction of sp³-hybridized carbons (Fsp3) is 1.00. The molecule has 1 fully saturated rings. The van der Waals surface area contributed by atoms with E-state index in [0.29, 0.717) is 18.1 Å². The fourth-order valence-electron chi connectivity index (χ4n) is 3.10. The van der Waals surface area contributed by atoms with E-state index in [2.05, 4.69) is 38.0 Å². The molecular weight excluding hydrogens is 228 g/mol. The van der Waals surface area contributed by atoms with Gasteiger partial charge in [-0.05, 0) is 33.2 Å². The lowest BCUT2D eigenvalue weighted by Crippen LogP contribution is -2.51. The highest BCUT2D eigenvalue weighted by Crippen LogP contribution is 2.33. The normalized spacial score (nSPS) is 30.3. The van der Waals surface area contributed by atoms with Crippen LogP contribution in [-0.4, -0.2) is 61.0 Å². The molecule has 1 saturated carbocycles. The minimum Gasteiger partial charge on any atom is -0.394 e. The van der Waals surface area contributed by atoms with Crippen molar-refractivity contribution < 1.29 is 9.84 Å². The number of methoxy groups -OCH3 is 1. The molecule has 4 heteroatoms. The van der Waals surface area contributed by atoms with E-state index in [1.165, 1.54) is 0 Å². The van der Waals surface area contributed by atoms with Crippen molar-refractivity contribution in [1.82, 2.24) is 10.2 Å². The van der Waals surface area contributed by atoms with Crippen LogP contribution in [0.25, 0.3) is 0 Å². The number of likely N-dealkylation sites (N-methyl/N-ethyl adjacent to an activating group) is 1. The second kappa shape index (κ2) is 6.85. The van der Waals surface area contributed by atoms with E-state index in [0.717, 1.165) is 25.9 Å². The number of ether oxygens (including phenoxy) is 1. The van der Waals surface area contributed by atoms with Crippen molar-refractivity contribution in [3.8, 4) is 0 Å². The van der Waals surface area contributed by atoms with Crippen LogP contribution < -0.4 is 5.32 Å². The summed E-state index contributed by atoms with van der Waals surface area (Å²) in [4.78, 5) is 2.39. The Hall–Kier alpha value is -0.160. The number of rotatable bonds is 7. The third-order valence-electron chi connectivity index (χ3n) is 4.16. The van der Waals surface area contributed by atoms with Gasteiger partial charge in [0.1, 0.15) is 0 Å². The smallest absolute Gasteiger partial charge is 0.0615 e. The van der Waals surface area contributed by atoms with E-state index < -0.39 is 0 Å². The van der Waals surface area contributed by atoms with Crippen LogP contribution in [0.1, 0.15) is 40.0 Å². The third-order valence-corrected chi connectivity index (χ3v) is 4.16. The van der Waals surface area contributed by atoms with Crippen molar-refractivity contribution in [1.29, 1.82) is 0 Å². The predicted molar refractivity (Wildman–Crippen MR) is 74.8 cm³/mol. The molecule has 0 amide bonds. The van der Waals surface area contributed by atoms with Gasteiger partial charge in [0.05, 0.1) is 13.2 Å². The molecule has 0 aliphatic heterocycles. The molecule has 0 aromatic heterocycles. The molecule has 0 saturated heterocycles. The van der Waals surface area contributed by atoms with Crippen molar-refractivity contribution in [2.45, 2.75) is 63.7 Å². The molecule has 0 bridgehead atoms. The highest BCUT2D eigenvalue weighted by Gasteiger charge is 2.40. The molecule has 4 nitrogen and oxygen atoms in total. The van der Waals surface area contributed by atoms with Gasteiger partial charge in [-0.25, -0.2) is 0 Å². The van der Waals surface area contributed by atoms with Crippen LogP contribution >= 0.6 is 0 Å². The Balaban J connectivity index is 2.57. The van der Waals surface area contributed by atoms with Crippen molar-refractivity contribution in [2.75, 3.05) is 27.4 Å². The second-order valence-corrected chi connectivity index (χ2v) is 6.10. The minimum absolute atomic E-state index is 0.0834. The van der Waals surface area contributed by atoms with E-state index >= 15 is 0 Å². The zero-order valence-corrected chi connectivity index (χ0v) is 12.6. The maximum Gasteiger partial charge on any atom is 0.0615 e. The van der Waals surface area contributed by atoms with Crippen LogP contribution in [0, 0.1) is 0 Å². The van der Waals surface area contributed by atoms with Gasteiger partial charge in [-0.15, -0.1) is 0 Å². The summed E-state index contributed by atoms with van der Waals surface area (Å²) in [5.41, 5.74) is -0.0834. The largest absolute Gasteiger partial charge is 0.394 e. The van der Waals surface area contributed by atoms with E-state index in [-0.39, 0.29) is 12.1 Å². The molecule has 1 aliphatic rings. The zero-order valence-electron chi connectivity index (χ0n) is 12.6. The second-order valence-electron chi connectivity index (χ2n) is 6.10. The average molecular weight is 258 g/mol. The molecule has 2 N–H and O–H groups in total. The molecule has 1 aliphatic carbocycles. The van der Waals surface area contributed by atoms with Crippen LogP contribution in [-0.2, 0) is 4.74 Å². The summed E-state index contributed by atoms with van der Waals surface area (Å²) >= 11 is 0. The number of nitrogens with one attached hydrogen (secondary N) is 1. The Kier molecular flexibility index (Phi) is 6.05. The molecule has 1 rings (SSSR count). The monoisotopic (exact) mass is 258 g/mol. The van der Waals surface area contributed by atoms with Gasteiger partial charge in [0.25, 0.3) is 0 Å². The van der Waals surface area contributed by atoms with Gasteiger partial charge in [-0.3, -0.25) is 4.90 Å². The Bertz CT molecular complexity index is 248. The SMILES string of the molecule is COCC(C)N(C)C1CCC(CO)(NC(C)C)C1. The third kappa shape index (κ3) is 3.92. The summed E-state index contributed by atoms with van der Waals surface area (Å²) in [7, 11) is 3.91. The molecule has 0 aromatic carbocycles. The van der Waals surface area contributed by atoms with Gasteiger partial charge in [-0.1, -0.05) is 13.8 Å². The maximum atomic E-state index is 9.70. The molecule has 18 heavy (non-hydrogen) atoms. The lowest BCUT2D eigenvalue weighted by Gasteiger charge is -2.34. The molecule has 3 atom stereocenters. The molecule has 108 valence electrons. The maximum absolute atomic E-state index is 9.70. The van der Waals surface area contributed by atoms with Gasteiger partial charge in [0, 0.05) is 30.8 Å². The Morgan fingerprint density at radius 3 is 2.61 bits per heavy atom. The molecule has 0 spiro atoms. The van der Waals surface area contributed by atoms with Crippen LogP contribution in [0.2, 0.25) is 0 Å². The Morgan fingerprint density at radius 2 is 2.11 bits per heavy atom. The summed E-state index contributed by atoms with van der Waals surface area (Å²) < 4.78 is 5.22. The summed E-state index contributed by atoms with van der Waals surface area (Å²) in [6.45, 7) is 7.47. The van der Waals surface area contributed by atoms with Crippen LogP contribution in [0.4, 0.5) is 0 Å². The number of nitrogens with zero attached hydrogens (tertiary/aromatic N) is 1. The molecule has 3 unspecified atom stereocenters. The standard InChI is InChI=1S/C14H30N2O2/c1-11(2)15-14(10-17)7-6-13(8-14)16(4)12(3)9-18-5/h11-13,15,17H,6-10H2,1-5H3. The molecule has 0 heterocycles. The number of hydrogen-bond donors (Lipinski definition) is 2. The minimum atomic E-state index is -0.0834. The summed E-state index contributed by atoms with van der Waals surface area (Å²) in [6, 6.07) is 1.37. The molecule has 0 radical (unpaired) electrons. The lowest BCUT2D eigenvalue weighted by molar-refractivity contribution is 0.0825. The summed E-state index contributed by atoms with van der Waals surface area (Å²) in [5.74, 6) is 0. The van der Waals surface area contributed by atoms with Gasteiger partial charge in [0.2, 0.25) is 0 Å². The topological polar surface area (TPSA) is 44.7 Å². The fourth-order valence-corrected chi connectivity index (χ4v) is 3.10. The average Bonchev–Trinajstić information content (AvgIpc) is 2.72. The van der Waals surface area contributed by atoms with Gasteiger partial charge in [0.15, 0.2) is 0 Å². The molecule has 0 aromatic rings. The quantitative estimate of drug-likeness (QED) is 0.721. The van der Waals surface area contributed by atoms with Gasteiger partial charge < -0.3 is 15.2 Å². The van der Waals surface area contributed by atoms with Crippen LogP contribution in [0.3, 0.4) is 0 Å². The van der Waals surface area contributed by atoms with Crippen molar-refractivity contribution in [2.24, 2.45) is 0 Å². The summed E-state index contributed by atoms with van der Waals surface area (Å²) in [6.07, 6.45) is 3.22. The highest BCUT2D eigenvalue weighted by atomic mass is 16.5. The number of aliphatic hydroxyl groups is 1. The first kappa shape index (κ1) is 15.9. The van der Waals surface area contributed by atoms with E-state index in [1.54, 1.807) is 7.11 Å². The van der Waals surface area contributed by atoms with Crippen LogP contribution in [0.15, 0.2) is 0 Å². The summed E-state index contributed by atoms with van der Waals surface area (Å²) in [5, 5.41) is 13.3. The number of hydrogen-bond acceptors (Lipinski definition) is 4. The Morgan fingerprint density at radius 1 is 1.44 bits per heavy atom. The van der Waals surface area contributed by atoms with E-state index in [1.807, 2.05) is 0 Å². The van der Waals surface area contributed by atoms with E-state index in [9.17, 15) is 5.11 Å². The van der Waals surface area contributed by atoms with Crippen LogP contribution in [0.5, 0.6) is 0 Å². The predicted octanol–water partition coefficient (Wildman–Crippen LogP) is 1.23.